The number of nitrogens with one attached hydrogen (secondary N) is 2. The Morgan fingerprint density at radius 3 is 2.52 bits per heavy atom. The molecule has 2 N–H and O–H groups in total. The number of nitriles is 1. The first-order valence-electron chi connectivity index (χ1n) is 9.83. The molecular weight excluding hydrogens is 400 g/mol. The highest BCUT2D eigenvalue weighted by Gasteiger charge is 2.24. The zero-order valence-electron chi connectivity index (χ0n) is 17.4. The number of amides is 2. The number of nitrogens with zero attached hydrogens (tertiary/aromatic N) is 4. The van der Waals surface area contributed by atoms with E-state index in [9.17, 15) is 14.9 Å². The van der Waals surface area contributed by atoms with Crippen molar-refractivity contribution in [1.82, 2.24) is 15.3 Å². The Hall–Kier alpha value is -3.87. The zero-order chi connectivity index (χ0) is 22.2. The molecule has 31 heavy (non-hydrogen) atoms. The molecule has 0 radical (unpaired) electrons. The molecule has 1 aliphatic heterocycles. The summed E-state index contributed by atoms with van der Waals surface area (Å²) in [5.74, 6) is 0.355. The summed E-state index contributed by atoms with van der Waals surface area (Å²) in [6, 6.07) is 6.92. The van der Waals surface area contributed by atoms with Crippen LogP contribution in [0.4, 0.5) is 11.5 Å². The van der Waals surface area contributed by atoms with Crippen LogP contribution in [0.25, 0.3) is 0 Å². The first-order chi connectivity index (χ1) is 15.0. The van der Waals surface area contributed by atoms with Crippen molar-refractivity contribution >= 4 is 23.3 Å². The second-order valence-corrected chi connectivity index (χ2v) is 7.00. The molecule has 2 aromatic rings. The molecule has 10 nitrogen and oxygen atoms in total. The Morgan fingerprint density at radius 2 is 1.84 bits per heavy atom. The van der Waals surface area contributed by atoms with Gasteiger partial charge in [0.2, 0.25) is 0 Å². The van der Waals surface area contributed by atoms with E-state index in [0.717, 1.165) is 12.8 Å². The van der Waals surface area contributed by atoms with Gasteiger partial charge < -0.3 is 25.0 Å². The predicted octanol–water partition coefficient (Wildman–Crippen LogP) is 1.34. The number of hydrogen-bond donors (Lipinski definition) is 2. The maximum Gasteiger partial charge on any atom is 0.313 e. The molecule has 0 unspecified atom stereocenters. The summed E-state index contributed by atoms with van der Waals surface area (Å²) in [5, 5.41) is 14.4. The van der Waals surface area contributed by atoms with E-state index in [1.54, 1.807) is 24.4 Å². The fourth-order valence-corrected chi connectivity index (χ4v) is 3.41. The van der Waals surface area contributed by atoms with E-state index in [2.05, 4.69) is 26.7 Å². The predicted molar refractivity (Wildman–Crippen MR) is 113 cm³/mol. The van der Waals surface area contributed by atoms with Gasteiger partial charge in [0, 0.05) is 43.8 Å². The topological polar surface area (TPSA) is 129 Å². The van der Waals surface area contributed by atoms with Crippen LogP contribution < -0.4 is 25.0 Å². The molecular formula is C21H24N6O4. The molecule has 0 saturated carbocycles. The summed E-state index contributed by atoms with van der Waals surface area (Å²) < 4.78 is 10.3. The van der Waals surface area contributed by atoms with Crippen LogP contribution in [0.1, 0.15) is 18.5 Å². The number of carbonyl (C=O) groups excluding carboxylic acids is 2. The third kappa shape index (κ3) is 5.39. The lowest BCUT2D eigenvalue weighted by molar-refractivity contribution is -0.136. The lowest BCUT2D eigenvalue weighted by atomic mass is 9.96. The number of rotatable bonds is 6. The Labute approximate surface area is 180 Å². The highest BCUT2D eigenvalue weighted by atomic mass is 16.5. The molecule has 0 spiro atoms. The molecule has 0 atom stereocenters. The van der Waals surface area contributed by atoms with Gasteiger partial charge in [-0.25, -0.2) is 9.97 Å². The molecule has 1 aromatic heterocycles. The Kier molecular flexibility index (Phi) is 7.22. The fraction of sp³-hybridized carbons (Fsp3) is 0.381. The fourth-order valence-electron chi connectivity index (χ4n) is 3.41. The van der Waals surface area contributed by atoms with E-state index >= 15 is 0 Å². The largest absolute Gasteiger partial charge is 0.493 e. The minimum atomic E-state index is -0.747. The molecule has 1 fully saturated rings. The number of aromatic nitrogens is 2. The number of benzene rings is 1. The number of ether oxygens (including phenoxy) is 2. The van der Waals surface area contributed by atoms with Gasteiger partial charge in [-0.1, -0.05) is 0 Å². The van der Waals surface area contributed by atoms with Gasteiger partial charge in [-0.3, -0.25) is 9.59 Å². The van der Waals surface area contributed by atoms with Crippen LogP contribution in [0.2, 0.25) is 0 Å². The molecule has 162 valence electrons. The Morgan fingerprint density at radius 1 is 1.13 bits per heavy atom. The third-order valence-corrected chi connectivity index (χ3v) is 5.10. The van der Waals surface area contributed by atoms with Crippen molar-refractivity contribution in [2.45, 2.75) is 12.8 Å². The van der Waals surface area contributed by atoms with Gasteiger partial charge in [0.1, 0.15) is 6.07 Å². The molecule has 2 amide bonds. The van der Waals surface area contributed by atoms with E-state index in [-0.39, 0.29) is 5.92 Å². The van der Waals surface area contributed by atoms with E-state index in [1.807, 2.05) is 4.90 Å². The summed E-state index contributed by atoms with van der Waals surface area (Å²) in [7, 11) is 3.01. The molecule has 1 saturated heterocycles. The number of piperidine rings is 1. The van der Waals surface area contributed by atoms with Crippen LogP contribution in [0.15, 0.2) is 30.6 Å². The number of anilines is 2. The first-order valence-corrected chi connectivity index (χ1v) is 9.83. The van der Waals surface area contributed by atoms with Gasteiger partial charge >= 0.3 is 11.8 Å². The van der Waals surface area contributed by atoms with E-state index in [1.165, 1.54) is 20.4 Å². The van der Waals surface area contributed by atoms with E-state index in [4.69, 9.17) is 9.47 Å². The minimum Gasteiger partial charge on any atom is -0.493 e. The number of carbonyl (C=O) groups is 2. The van der Waals surface area contributed by atoms with Gasteiger partial charge in [0.05, 0.1) is 14.2 Å². The lowest BCUT2D eigenvalue weighted by Crippen LogP contribution is -2.42. The molecule has 0 bridgehead atoms. The summed E-state index contributed by atoms with van der Waals surface area (Å²) >= 11 is 0. The highest BCUT2D eigenvalue weighted by Crippen LogP contribution is 2.29. The van der Waals surface area contributed by atoms with Crippen molar-refractivity contribution in [1.29, 1.82) is 5.26 Å². The molecule has 3 rings (SSSR count). The number of methoxy groups -OCH3 is 2. The quantitative estimate of drug-likeness (QED) is 0.665. The maximum absolute atomic E-state index is 12.2. The van der Waals surface area contributed by atoms with Crippen molar-refractivity contribution in [3.8, 4) is 17.6 Å². The molecule has 2 heterocycles. The van der Waals surface area contributed by atoms with Gasteiger partial charge in [-0.2, -0.15) is 5.26 Å². The van der Waals surface area contributed by atoms with E-state index in [0.29, 0.717) is 48.3 Å². The van der Waals surface area contributed by atoms with Gasteiger partial charge in [0.15, 0.2) is 23.0 Å². The van der Waals surface area contributed by atoms with Crippen LogP contribution in [0.3, 0.4) is 0 Å². The van der Waals surface area contributed by atoms with Crippen LogP contribution in [0.5, 0.6) is 11.5 Å². The average Bonchev–Trinajstić information content (AvgIpc) is 2.82. The van der Waals surface area contributed by atoms with Crippen LogP contribution in [0, 0.1) is 17.2 Å². The molecule has 0 aliphatic carbocycles. The molecule has 1 aliphatic rings. The Bertz CT molecular complexity index is 982. The first kappa shape index (κ1) is 21.8. The maximum atomic E-state index is 12.2. The van der Waals surface area contributed by atoms with Crippen LogP contribution in [-0.2, 0) is 9.59 Å². The second kappa shape index (κ2) is 10.2. The second-order valence-electron chi connectivity index (χ2n) is 7.00. The Balaban J connectivity index is 1.47. The van der Waals surface area contributed by atoms with Crippen molar-refractivity contribution in [2.24, 2.45) is 5.92 Å². The summed E-state index contributed by atoms with van der Waals surface area (Å²) in [6.45, 7) is 1.80. The highest BCUT2D eigenvalue weighted by molar-refractivity contribution is 6.39. The van der Waals surface area contributed by atoms with Gasteiger partial charge in [-0.05, 0) is 30.9 Å². The molecule has 10 heteroatoms. The summed E-state index contributed by atoms with van der Waals surface area (Å²) in [4.78, 5) is 34.7. The SMILES string of the molecule is COc1ccc(NC(=O)C(=O)NCC2CCN(c3nccnc3C#N)CC2)cc1OC. The van der Waals surface area contributed by atoms with Crippen molar-refractivity contribution in [3.05, 3.63) is 36.3 Å². The normalized spacial score (nSPS) is 13.8. The molecule has 1 aromatic carbocycles. The number of hydrogen-bond acceptors (Lipinski definition) is 8. The average molecular weight is 424 g/mol. The van der Waals surface area contributed by atoms with Gasteiger partial charge in [-0.15, -0.1) is 0 Å². The smallest absolute Gasteiger partial charge is 0.313 e. The van der Waals surface area contributed by atoms with Gasteiger partial charge in [0.25, 0.3) is 0 Å². The summed E-state index contributed by atoms with van der Waals surface area (Å²) in [6.07, 6.45) is 4.68. The van der Waals surface area contributed by atoms with Crippen molar-refractivity contribution in [2.75, 3.05) is 44.1 Å². The van der Waals surface area contributed by atoms with Crippen LogP contribution >= 0.6 is 0 Å². The third-order valence-electron chi connectivity index (χ3n) is 5.10. The lowest BCUT2D eigenvalue weighted by Gasteiger charge is -2.32. The summed E-state index contributed by atoms with van der Waals surface area (Å²) in [5.41, 5.74) is 0.740. The monoisotopic (exact) mass is 424 g/mol. The van der Waals surface area contributed by atoms with E-state index < -0.39 is 11.8 Å². The van der Waals surface area contributed by atoms with Crippen LogP contribution in [-0.4, -0.2) is 55.6 Å². The van der Waals surface area contributed by atoms with Crippen molar-refractivity contribution in [3.63, 3.8) is 0 Å². The van der Waals surface area contributed by atoms with Crippen molar-refractivity contribution < 1.29 is 19.1 Å². The standard InChI is InChI=1S/C21H24N6O4/c1-30-17-4-3-15(11-18(17)31-2)26-21(29)20(28)25-13-14-5-9-27(10-6-14)19-16(12-22)23-7-8-24-19/h3-4,7-8,11,14H,5-6,9-10,13H2,1-2H3,(H,25,28)(H,26,29). The minimum absolute atomic E-state index is 0.233. The zero-order valence-corrected chi connectivity index (χ0v) is 17.4.